The van der Waals surface area contributed by atoms with Gasteiger partial charge in [0.1, 0.15) is 23.8 Å². The molecule has 1 fully saturated rings. The van der Waals surface area contributed by atoms with Gasteiger partial charge in [-0.2, -0.15) is 0 Å². The molecule has 0 saturated heterocycles. The molecule has 1 N–H and O–H groups in total. The monoisotopic (exact) mass is 364 g/mol. The molecule has 0 unspecified atom stereocenters. The van der Waals surface area contributed by atoms with E-state index in [9.17, 15) is 4.79 Å². The molecule has 2 atom stereocenters. The summed E-state index contributed by atoms with van der Waals surface area (Å²) in [6.07, 6.45) is 2.92. The summed E-state index contributed by atoms with van der Waals surface area (Å²) in [7, 11) is 0. The highest BCUT2D eigenvalue weighted by atomic mass is 16.5. The first-order chi connectivity index (χ1) is 13.2. The molecule has 5 rings (SSSR count). The number of ether oxygens (including phenoxy) is 2. The fourth-order valence-corrected chi connectivity index (χ4v) is 4.17. The van der Waals surface area contributed by atoms with Gasteiger partial charge in [-0.1, -0.05) is 12.1 Å². The summed E-state index contributed by atoms with van der Waals surface area (Å²) >= 11 is 0. The van der Waals surface area contributed by atoms with Crippen LogP contribution in [0.3, 0.4) is 0 Å². The molecule has 1 aliphatic carbocycles. The number of carbonyl (C=O) groups excluding carboxylic acids is 1. The van der Waals surface area contributed by atoms with E-state index < -0.39 is 0 Å². The van der Waals surface area contributed by atoms with Gasteiger partial charge in [-0.15, -0.1) is 0 Å². The number of carbonyl (C=O) groups is 1. The Labute approximate surface area is 159 Å². The minimum Gasteiger partial charge on any atom is -0.493 e. The van der Waals surface area contributed by atoms with Gasteiger partial charge in [-0.3, -0.25) is 4.79 Å². The van der Waals surface area contributed by atoms with Crippen LogP contribution in [0.2, 0.25) is 0 Å². The normalized spacial score (nSPS) is 23.3. The van der Waals surface area contributed by atoms with E-state index in [1.54, 1.807) is 0 Å². The Kier molecular flexibility index (Phi) is 3.78. The van der Waals surface area contributed by atoms with Crippen LogP contribution in [0, 0.1) is 0 Å². The molecular weight excluding hydrogens is 340 g/mol. The largest absolute Gasteiger partial charge is 0.493 e. The van der Waals surface area contributed by atoms with Crippen molar-refractivity contribution in [3.63, 3.8) is 0 Å². The van der Waals surface area contributed by atoms with Crippen LogP contribution in [-0.2, 0) is 6.42 Å². The zero-order valence-corrected chi connectivity index (χ0v) is 15.7. The molecule has 2 aromatic rings. The molecule has 27 heavy (non-hydrogen) atoms. The Morgan fingerprint density at radius 3 is 2.85 bits per heavy atom. The van der Waals surface area contributed by atoms with Crippen molar-refractivity contribution in [3.05, 3.63) is 53.1 Å². The maximum Gasteiger partial charge on any atom is 0.258 e. The minimum atomic E-state index is -0.244. The predicted octanol–water partition coefficient (Wildman–Crippen LogP) is 4.14. The summed E-state index contributed by atoms with van der Waals surface area (Å²) in [6.45, 7) is 4.65. The number of amides is 1. The van der Waals surface area contributed by atoms with Gasteiger partial charge in [0.25, 0.3) is 5.91 Å². The first-order valence-electron chi connectivity index (χ1n) is 9.80. The number of nitrogens with one attached hydrogen (secondary N) is 1. The van der Waals surface area contributed by atoms with E-state index in [0.29, 0.717) is 6.61 Å². The second-order valence-electron chi connectivity index (χ2n) is 7.60. The van der Waals surface area contributed by atoms with Gasteiger partial charge in [0.2, 0.25) is 0 Å². The number of hydrogen-bond donors (Lipinski definition) is 1. The van der Waals surface area contributed by atoms with Crippen LogP contribution in [0.4, 0.5) is 5.69 Å². The van der Waals surface area contributed by atoms with Crippen molar-refractivity contribution in [2.24, 2.45) is 0 Å². The molecule has 2 heterocycles. The Bertz CT molecular complexity index is 906. The third-order valence-electron chi connectivity index (χ3n) is 5.53. The number of hydrogen-bond acceptors (Lipinski definition) is 4. The summed E-state index contributed by atoms with van der Waals surface area (Å²) in [5.74, 6) is 1.84. The van der Waals surface area contributed by atoms with Gasteiger partial charge >= 0.3 is 0 Å². The number of anilines is 1. The van der Waals surface area contributed by atoms with Crippen LogP contribution in [-0.4, -0.2) is 29.6 Å². The molecular formula is C22H24N2O3. The standard InChI is InChI=1S/C22H24N2O3/c1-3-26-20-11-14-10-13(2)27-19(14)12-17(20)21-23-18-7-5-4-6-16(18)22(25)24(21)15-8-9-15/h4-7,11-13,15,21,23H,3,8-10H2,1-2H3/t13-,21-/m0/s1. The van der Waals surface area contributed by atoms with Gasteiger partial charge < -0.3 is 19.7 Å². The van der Waals surface area contributed by atoms with Crippen molar-refractivity contribution in [2.45, 2.75) is 51.4 Å². The highest BCUT2D eigenvalue weighted by molar-refractivity contribution is 6.02. The third-order valence-corrected chi connectivity index (χ3v) is 5.53. The van der Waals surface area contributed by atoms with Gasteiger partial charge in [0, 0.05) is 29.3 Å². The highest BCUT2D eigenvalue weighted by Gasteiger charge is 2.43. The van der Waals surface area contributed by atoms with Gasteiger partial charge in [-0.05, 0) is 51.0 Å². The summed E-state index contributed by atoms with van der Waals surface area (Å²) in [4.78, 5) is 15.2. The number of rotatable bonds is 4. The smallest absolute Gasteiger partial charge is 0.258 e. The lowest BCUT2D eigenvalue weighted by atomic mass is 10.00. The van der Waals surface area contributed by atoms with Crippen molar-refractivity contribution in [2.75, 3.05) is 11.9 Å². The Morgan fingerprint density at radius 1 is 1.26 bits per heavy atom. The van der Waals surface area contributed by atoms with Crippen molar-refractivity contribution in [3.8, 4) is 11.5 Å². The number of nitrogens with zero attached hydrogens (tertiary/aromatic N) is 1. The SMILES string of the molecule is CCOc1cc2c(cc1[C@H]1Nc3ccccc3C(=O)N1C1CC1)O[C@@H](C)C2. The van der Waals surface area contributed by atoms with Gasteiger partial charge in [-0.25, -0.2) is 0 Å². The lowest BCUT2D eigenvalue weighted by Crippen LogP contribution is -2.44. The lowest BCUT2D eigenvalue weighted by molar-refractivity contribution is 0.0663. The molecule has 5 heteroatoms. The molecule has 0 aromatic heterocycles. The van der Waals surface area contributed by atoms with Crippen LogP contribution in [0.25, 0.3) is 0 Å². The fourth-order valence-electron chi connectivity index (χ4n) is 4.17. The van der Waals surface area contributed by atoms with Crippen molar-refractivity contribution >= 4 is 11.6 Å². The van der Waals surface area contributed by atoms with Crippen LogP contribution in [0.15, 0.2) is 36.4 Å². The van der Waals surface area contributed by atoms with E-state index in [1.807, 2.05) is 36.1 Å². The van der Waals surface area contributed by atoms with Crippen LogP contribution < -0.4 is 14.8 Å². The molecule has 0 radical (unpaired) electrons. The molecule has 2 aromatic carbocycles. The summed E-state index contributed by atoms with van der Waals surface area (Å²) in [5.41, 5.74) is 3.76. The van der Waals surface area contributed by atoms with Crippen molar-refractivity contribution in [1.82, 2.24) is 4.90 Å². The summed E-state index contributed by atoms with van der Waals surface area (Å²) in [6, 6.07) is 12.2. The van der Waals surface area contributed by atoms with Gasteiger partial charge in [0.05, 0.1) is 12.2 Å². The van der Waals surface area contributed by atoms with E-state index in [2.05, 4.69) is 24.4 Å². The molecule has 5 nitrogen and oxygen atoms in total. The lowest BCUT2D eigenvalue weighted by Gasteiger charge is -2.39. The summed E-state index contributed by atoms with van der Waals surface area (Å²) < 4.78 is 12.0. The summed E-state index contributed by atoms with van der Waals surface area (Å²) in [5, 5.41) is 3.59. The molecule has 2 aliphatic heterocycles. The maximum atomic E-state index is 13.3. The minimum absolute atomic E-state index is 0.0917. The molecule has 0 spiro atoms. The van der Waals surface area contributed by atoms with Crippen LogP contribution in [0.5, 0.6) is 11.5 Å². The van der Waals surface area contributed by atoms with E-state index >= 15 is 0 Å². The fraction of sp³-hybridized carbons (Fsp3) is 0.409. The average Bonchev–Trinajstić information content (AvgIpc) is 3.42. The average molecular weight is 364 g/mol. The van der Waals surface area contributed by atoms with E-state index in [-0.39, 0.29) is 24.2 Å². The van der Waals surface area contributed by atoms with E-state index in [0.717, 1.165) is 47.6 Å². The molecule has 1 saturated carbocycles. The zero-order chi connectivity index (χ0) is 18.5. The molecule has 1 amide bonds. The Morgan fingerprint density at radius 2 is 2.07 bits per heavy atom. The van der Waals surface area contributed by atoms with E-state index in [4.69, 9.17) is 9.47 Å². The Balaban J connectivity index is 1.62. The zero-order valence-electron chi connectivity index (χ0n) is 15.7. The first kappa shape index (κ1) is 16.5. The topological polar surface area (TPSA) is 50.8 Å². The van der Waals surface area contributed by atoms with Crippen LogP contribution >= 0.6 is 0 Å². The quantitative estimate of drug-likeness (QED) is 0.886. The van der Waals surface area contributed by atoms with Gasteiger partial charge in [0.15, 0.2) is 0 Å². The Hall–Kier alpha value is -2.69. The molecule has 0 bridgehead atoms. The van der Waals surface area contributed by atoms with Crippen molar-refractivity contribution < 1.29 is 14.3 Å². The van der Waals surface area contributed by atoms with Crippen molar-refractivity contribution in [1.29, 1.82) is 0 Å². The second kappa shape index (κ2) is 6.19. The number of para-hydroxylation sites is 1. The highest BCUT2D eigenvalue weighted by Crippen LogP contribution is 2.45. The maximum absolute atomic E-state index is 13.3. The molecule has 140 valence electrons. The number of fused-ring (bicyclic) bond motifs is 2. The molecule has 3 aliphatic rings. The second-order valence-corrected chi connectivity index (χ2v) is 7.60. The van der Waals surface area contributed by atoms with Crippen LogP contribution in [0.1, 0.15) is 54.3 Å². The third kappa shape index (κ3) is 2.73. The predicted molar refractivity (Wildman–Crippen MR) is 103 cm³/mol. The van der Waals surface area contributed by atoms with E-state index in [1.165, 1.54) is 5.56 Å². The number of benzene rings is 2. The first-order valence-corrected chi connectivity index (χ1v) is 9.80.